The lowest BCUT2D eigenvalue weighted by molar-refractivity contribution is 0.102. The maximum absolute atomic E-state index is 12.4. The summed E-state index contributed by atoms with van der Waals surface area (Å²) in [6.45, 7) is 0. The topological polar surface area (TPSA) is 49.6 Å². The fraction of sp³-hybridized carbons (Fsp3) is 0.0909. The summed E-state index contributed by atoms with van der Waals surface area (Å²) < 4.78 is 1.99. The first-order chi connectivity index (χ1) is 13.1. The average Bonchev–Trinajstić information content (AvgIpc) is 3.13. The van der Waals surface area contributed by atoms with Crippen LogP contribution in [0.5, 0.6) is 0 Å². The lowest BCUT2D eigenvalue weighted by Crippen LogP contribution is -2.13. The molecule has 5 nitrogen and oxygen atoms in total. The van der Waals surface area contributed by atoms with Crippen LogP contribution >= 0.6 is 0 Å². The molecule has 0 unspecified atom stereocenters. The van der Waals surface area contributed by atoms with Gasteiger partial charge in [0, 0.05) is 49.0 Å². The van der Waals surface area contributed by atoms with Gasteiger partial charge in [-0.25, -0.2) is 4.98 Å². The lowest BCUT2D eigenvalue weighted by atomic mass is 10.1. The van der Waals surface area contributed by atoms with Crippen LogP contribution in [0.4, 0.5) is 11.4 Å². The number of anilines is 2. The second-order valence-corrected chi connectivity index (χ2v) is 6.57. The van der Waals surface area contributed by atoms with E-state index in [-0.39, 0.29) is 5.91 Å². The Morgan fingerprint density at radius 2 is 1.70 bits per heavy atom. The molecule has 0 radical (unpaired) electrons. The fourth-order valence-electron chi connectivity index (χ4n) is 2.91. The summed E-state index contributed by atoms with van der Waals surface area (Å²) in [5.41, 5.74) is 5.26. The van der Waals surface area contributed by atoms with Crippen molar-refractivity contribution in [2.45, 2.75) is 0 Å². The van der Waals surface area contributed by atoms with Gasteiger partial charge in [-0.2, -0.15) is 0 Å². The Balaban J connectivity index is 1.49. The number of nitrogens with one attached hydrogen (secondary N) is 1. The number of hydrogen-bond acceptors (Lipinski definition) is 3. The van der Waals surface area contributed by atoms with Gasteiger partial charge < -0.3 is 14.6 Å². The van der Waals surface area contributed by atoms with Crippen LogP contribution in [0.15, 0.2) is 79.1 Å². The van der Waals surface area contributed by atoms with Gasteiger partial charge >= 0.3 is 0 Å². The van der Waals surface area contributed by atoms with Crippen molar-refractivity contribution in [3.63, 3.8) is 0 Å². The van der Waals surface area contributed by atoms with Crippen LogP contribution < -0.4 is 10.2 Å². The molecular formula is C22H20N4O. The monoisotopic (exact) mass is 356 g/mol. The van der Waals surface area contributed by atoms with Gasteiger partial charge in [0.1, 0.15) is 5.65 Å². The molecule has 134 valence electrons. The van der Waals surface area contributed by atoms with Crippen molar-refractivity contribution in [1.82, 2.24) is 9.38 Å². The summed E-state index contributed by atoms with van der Waals surface area (Å²) in [6, 6.07) is 21.2. The molecular weight excluding hydrogens is 336 g/mol. The minimum absolute atomic E-state index is 0.124. The number of fused-ring (bicyclic) bond motifs is 1. The van der Waals surface area contributed by atoms with E-state index >= 15 is 0 Å². The van der Waals surface area contributed by atoms with Gasteiger partial charge in [-0.1, -0.05) is 18.2 Å². The highest BCUT2D eigenvalue weighted by atomic mass is 16.1. The van der Waals surface area contributed by atoms with Crippen molar-refractivity contribution in [3.8, 4) is 11.3 Å². The van der Waals surface area contributed by atoms with Crippen molar-refractivity contribution in [2.24, 2.45) is 0 Å². The molecule has 5 heteroatoms. The molecule has 4 rings (SSSR count). The van der Waals surface area contributed by atoms with Crippen molar-refractivity contribution < 1.29 is 4.79 Å². The second-order valence-electron chi connectivity index (χ2n) is 6.57. The molecule has 0 aliphatic carbocycles. The molecule has 0 aliphatic heterocycles. The van der Waals surface area contributed by atoms with Crippen LogP contribution in [0, 0.1) is 0 Å². The number of pyridine rings is 1. The molecule has 4 aromatic rings. The maximum atomic E-state index is 12.4. The molecule has 1 N–H and O–H groups in total. The average molecular weight is 356 g/mol. The lowest BCUT2D eigenvalue weighted by Gasteiger charge is -2.12. The standard InChI is InChI=1S/C22H20N4O/c1-25(2)19-12-8-17(9-13-19)22(27)23-18-10-6-16(7-11-18)20-15-26-14-4-3-5-21(26)24-20/h3-15H,1-2H3,(H,23,27). The summed E-state index contributed by atoms with van der Waals surface area (Å²) in [7, 11) is 3.94. The third-order valence-corrected chi connectivity index (χ3v) is 4.45. The Labute approximate surface area is 157 Å². The SMILES string of the molecule is CN(C)c1ccc(C(=O)Nc2ccc(-c3cn4ccccc4n3)cc2)cc1. The van der Waals surface area contributed by atoms with Crippen LogP contribution in [0.2, 0.25) is 0 Å². The van der Waals surface area contributed by atoms with Crippen molar-refractivity contribution in [1.29, 1.82) is 0 Å². The van der Waals surface area contributed by atoms with Gasteiger partial charge in [0.2, 0.25) is 0 Å². The number of imidazole rings is 1. The summed E-state index contributed by atoms with van der Waals surface area (Å²) >= 11 is 0. The van der Waals surface area contributed by atoms with Gasteiger partial charge in [-0.05, 0) is 48.5 Å². The van der Waals surface area contributed by atoms with Crippen molar-refractivity contribution in [2.75, 3.05) is 24.3 Å². The molecule has 0 saturated heterocycles. The fourth-order valence-corrected chi connectivity index (χ4v) is 2.91. The zero-order valence-electron chi connectivity index (χ0n) is 15.3. The van der Waals surface area contributed by atoms with E-state index in [0.29, 0.717) is 5.56 Å². The Kier molecular flexibility index (Phi) is 4.34. The largest absolute Gasteiger partial charge is 0.378 e. The molecule has 2 heterocycles. The highest BCUT2D eigenvalue weighted by Crippen LogP contribution is 2.22. The molecule has 0 aliphatic rings. The van der Waals surface area contributed by atoms with E-state index in [9.17, 15) is 4.79 Å². The van der Waals surface area contributed by atoms with Crippen LogP contribution in [0.1, 0.15) is 10.4 Å². The first kappa shape index (κ1) is 16.8. The van der Waals surface area contributed by atoms with Gasteiger partial charge in [0.15, 0.2) is 0 Å². The van der Waals surface area contributed by atoms with Crippen LogP contribution in [0.3, 0.4) is 0 Å². The Morgan fingerprint density at radius 3 is 2.37 bits per heavy atom. The van der Waals surface area contributed by atoms with E-state index in [1.807, 2.05) is 103 Å². The van der Waals surface area contributed by atoms with Crippen LogP contribution in [-0.4, -0.2) is 29.4 Å². The van der Waals surface area contributed by atoms with E-state index in [0.717, 1.165) is 28.3 Å². The maximum Gasteiger partial charge on any atom is 0.255 e. The number of carbonyl (C=O) groups excluding carboxylic acids is 1. The van der Waals surface area contributed by atoms with E-state index in [2.05, 4.69) is 10.3 Å². The predicted octanol–water partition coefficient (Wildman–Crippen LogP) is 4.32. The van der Waals surface area contributed by atoms with E-state index in [4.69, 9.17) is 0 Å². The molecule has 0 bridgehead atoms. The quantitative estimate of drug-likeness (QED) is 0.592. The molecule has 0 atom stereocenters. The zero-order chi connectivity index (χ0) is 18.8. The summed E-state index contributed by atoms with van der Waals surface area (Å²) in [6.07, 6.45) is 3.97. The summed E-state index contributed by atoms with van der Waals surface area (Å²) in [5, 5.41) is 2.93. The Bertz CT molecular complexity index is 1050. The second kappa shape index (κ2) is 6.96. The van der Waals surface area contributed by atoms with Crippen LogP contribution in [-0.2, 0) is 0 Å². The first-order valence-corrected chi connectivity index (χ1v) is 8.73. The number of amides is 1. The van der Waals surface area contributed by atoms with Gasteiger partial charge in [0.05, 0.1) is 5.69 Å². The van der Waals surface area contributed by atoms with E-state index < -0.39 is 0 Å². The third kappa shape index (κ3) is 3.53. The highest BCUT2D eigenvalue weighted by molar-refractivity contribution is 6.04. The molecule has 0 spiro atoms. The minimum Gasteiger partial charge on any atom is -0.378 e. The molecule has 1 amide bonds. The minimum atomic E-state index is -0.124. The Morgan fingerprint density at radius 1 is 0.963 bits per heavy atom. The molecule has 0 saturated carbocycles. The zero-order valence-corrected chi connectivity index (χ0v) is 15.3. The third-order valence-electron chi connectivity index (χ3n) is 4.45. The molecule has 2 aromatic heterocycles. The number of aromatic nitrogens is 2. The van der Waals surface area contributed by atoms with Crippen LogP contribution in [0.25, 0.3) is 16.9 Å². The van der Waals surface area contributed by atoms with E-state index in [1.165, 1.54) is 0 Å². The number of nitrogens with zero attached hydrogens (tertiary/aromatic N) is 3. The number of hydrogen-bond donors (Lipinski definition) is 1. The predicted molar refractivity (Wildman–Crippen MR) is 109 cm³/mol. The first-order valence-electron chi connectivity index (χ1n) is 8.73. The van der Waals surface area contributed by atoms with Crippen molar-refractivity contribution >= 4 is 22.9 Å². The normalized spacial score (nSPS) is 10.7. The van der Waals surface area contributed by atoms with E-state index in [1.54, 1.807) is 0 Å². The van der Waals surface area contributed by atoms with Gasteiger partial charge in [0.25, 0.3) is 5.91 Å². The number of rotatable bonds is 4. The smallest absolute Gasteiger partial charge is 0.255 e. The molecule has 0 fully saturated rings. The van der Waals surface area contributed by atoms with Gasteiger partial charge in [-0.15, -0.1) is 0 Å². The molecule has 27 heavy (non-hydrogen) atoms. The Hall–Kier alpha value is -3.60. The number of carbonyl (C=O) groups is 1. The summed E-state index contributed by atoms with van der Waals surface area (Å²) in [5.74, 6) is -0.124. The van der Waals surface area contributed by atoms with Gasteiger partial charge in [-0.3, -0.25) is 4.79 Å². The highest BCUT2D eigenvalue weighted by Gasteiger charge is 2.08. The number of benzene rings is 2. The summed E-state index contributed by atoms with van der Waals surface area (Å²) in [4.78, 5) is 19.0. The molecule has 2 aromatic carbocycles. The van der Waals surface area contributed by atoms with Crippen molar-refractivity contribution in [3.05, 3.63) is 84.7 Å².